The highest BCUT2D eigenvalue weighted by molar-refractivity contribution is 9.10. The van der Waals surface area contributed by atoms with Crippen molar-refractivity contribution < 1.29 is 24.9 Å². The lowest BCUT2D eigenvalue weighted by Crippen LogP contribution is -2.29. The summed E-state index contributed by atoms with van der Waals surface area (Å²) in [7, 11) is 0. The summed E-state index contributed by atoms with van der Waals surface area (Å²) in [6.07, 6.45) is 1.55. The van der Waals surface area contributed by atoms with Crippen molar-refractivity contribution in [2.75, 3.05) is 0 Å². The Kier molecular flexibility index (Phi) is 5.52. The van der Waals surface area contributed by atoms with Gasteiger partial charge < -0.3 is 15.3 Å². The molecule has 0 saturated heterocycles. The summed E-state index contributed by atoms with van der Waals surface area (Å²) in [5.41, 5.74) is 0.624. The maximum absolute atomic E-state index is 11.9. The lowest BCUT2D eigenvalue weighted by molar-refractivity contribution is -0.139. The van der Waals surface area contributed by atoms with Gasteiger partial charge in [-0.2, -0.15) is 0 Å². The van der Waals surface area contributed by atoms with Gasteiger partial charge in [0.15, 0.2) is 0 Å². The average molecular weight is 413 g/mol. The molecule has 5 nitrogen and oxygen atoms in total. The van der Waals surface area contributed by atoms with Crippen molar-refractivity contribution in [2.24, 2.45) is 17.3 Å². The Bertz CT molecular complexity index is 712. The maximum atomic E-state index is 11.9. The molecule has 1 aromatic rings. The number of aromatic hydroxyl groups is 1. The largest absolute Gasteiger partial charge is 0.506 e. The molecule has 1 fully saturated rings. The first-order valence-electron chi connectivity index (χ1n) is 8.46. The van der Waals surface area contributed by atoms with E-state index in [1.54, 1.807) is 13.0 Å². The predicted octanol–water partition coefficient (Wildman–Crippen LogP) is 4.79. The SMILES string of the molecule is Cc1cc([C@H]2[C@@H](C(C)C)CC[C@@]2(C)CC(=O)O)c(C(=O)O)c(O)c1Br. The van der Waals surface area contributed by atoms with Crippen LogP contribution in [0.15, 0.2) is 10.5 Å². The Morgan fingerprint density at radius 1 is 1.36 bits per heavy atom. The average Bonchev–Trinajstić information content (AvgIpc) is 2.80. The molecule has 6 heteroatoms. The summed E-state index contributed by atoms with van der Waals surface area (Å²) < 4.78 is 0.368. The predicted molar refractivity (Wildman–Crippen MR) is 98.2 cm³/mol. The van der Waals surface area contributed by atoms with Gasteiger partial charge >= 0.3 is 11.9 Å². The van der Waals surface area contributed by atoms with E-state index < -0.39 is 17.4 Å². The van der Waals surface area contributed by atoms with E-state index >= 15 is 0 Å². The van der Waals surface area contributed by atoms with Crippen LogP contribution in [0, 0.1) is 24.2 Å². The number of rotatable bonds is 5. The molecule has 1 saturated carbocycles. The minimum Gasteiger partial charge on any atom is -0.506 e. The zero-order valence-electron chi connectivity index (χ0n) is 15.0. The summed E-state index contributed by atoms with van der Waals surface area (Å²) in [5, 5.41) is 29.5. The Morgan fingerprint density at radius 2 is 1.96 bits per heavy atom. The third-order valence-electron chi connectivity index (χ3n) is 5.64. The first-order chi connectivity index (χ1) is 11.5. The first-order valence-corrected chi connectivity index (χ1v) is 9.26. The Hall–Kier alpha value is -1.56. The smallest absolute Gasteiger partial charge is 0.339 e. The number of aromatic carboxylic acids is 1. The van der Waals surface area contributed by atoms with Crippen LogP contribution in [-0.2, 0) is 4.79 Å². The van der Waals surface area contributed by atoms with Gasteiger partial charge in [-0.15, -0.1) is 0 Å². The molecule has 138 valence electrons. The molecule has 0 aromatic heterocycles. The lowest BCUT2D eigenvalue weighted by Gasteiger charge is -2.36. The molecule has 0 unspecified atom stereocenters. The van der Waals surface area contributed by atoms with Crippen LogP contribution in [0.3, 0.4) is 0 Å². The molecular weight excluding hydrogens is 388 g/mol. The molecule has 0 bridgehead atoms. The number of aliphatic carboxylic acids is 1. The fraction of sp³-hybridized carbons (Fsp3) is 0.579. The van der Waals surface area contributed by atoms with E-state index in [1.807, 2.05) is 6.92 Å². The second kappa shape index (κ2) is 6.98. The second-order valence-corrected chi connectivity index (χ2v) is 8.57. The molecule has 0 radical (unpaired) electrons. The zero-order chi connectivity index (χ0) is 19.1. The first kappa shape index (κ1) is 19.8. The van der Waals surface area contributed by atoms with Crippen molar-refractivity contribution in [1.29, 1.82) is 0 Å². The third-order valence-corrected chi connectivity index (χ3v) is 6.64. The van der Waals surface area contributed by atoms with Crippen LogP contribution in [0.1, 0.15) is 67.4 Å². The fourth-order valence-corrected chi connectivity index (χ4v) is 4.79. The van der Waals surface area contributed by atoms with Crippen molar-refractivity contribution >= 4 is 27.9 Å². The highest BCUT2D eigenvalue weighted by atomic mass is 79.9. The van der Waals surface area contributed by atoms with Crippen molar-refractivity contribution in [1.82, 2.24) is 0 Å². The number of carbonyl (C=O) groups is 2. The molecule has 3 atom stereocenters. The summed E-state index contributed by atoms with van der Waals surface area (Å²) >= 11 is 3.25. The summed E-state index contributed by atoms with van der Waals surface area (Å²) in [4.78, 5) is 23.3. The monoisotopic (exact) mass is 412 g/mol. The van der Waals surface area contributed by atoms with Gasteiger partial charge in [-0.3, -0.25) is 4.79 Å². The van der Waals surface area contributed by atoms with Crippen LogP contribution in [0.2, 0.25) is 0 Å². The fourth-order valence-electron chi connectivity index (χ4n) is 4.48. The van der Waals surface area contributed by atoms with Crippen molar-refractivity contribution in [2.45, 2.75) is 52.9 Å². The molecule has 1 aliphatic rings. The van der Waals surface area contributed by atoms with Crippen molar-refractivity contribution in [3.05, 3.63) is 27.2 Å². The van der Waals surface area contributed by atoms with Gasteiger partial charge in [0.25, 0.3) is 0 Å². The number of hydrogen-bond acceptors (Lipinski definition) is 3. The third kappa shape index (κ3) is 3.54. The van der Waals surface area contributed by atoms with E-state index in [4.69, 9.17) is 0 Å². The van der Waals surface area contributed by atoms with Crippen LogP contribution in [0.25, 0.3) is 0 Å². The van der Waals surface area contributed by atoms with E-state index in [2.05, 4.69) is 29.8 Å². The van der Waals surface area contributed by atoms with E-state index in [0.29, 0.717) is 10.0 Å². The number of phenols is 1. The van der Waals surface area contributed by atoms with Crippen LogP contribution in [0.4, 0.5) is 0 Å². The normalized spacial score (nSPS) is 26.2. The molecular formula is C19H25BrO5. The highest BCUT2D eigenvalue weighted by Crippen LogP contribution is 2.58. The van der Waals surface area contributed by atoms with Gasteiger partial charge in [-0.1, -0.05) is 26.8 Å². The molecule has 0 heterocycles. The van der Waals surface area contributed by atoms with Crippen LogP contribution < -0.4 is 0 Å². The van der Waals surface area contributed by atoms with Crippen LogP contribution in [0.5, 0.6) is 5.75 Å². The molecule has 0 amide bonds. The lowest BCUT2D eigenvalue weighted by atomic mass is 9.67. The quantitative estimate of drug-likeness (QED) is 0.645. The molecule has 2 rings (SSSR count). The van der Waals surface area contributed by atoms with Gasteiger partial charge in [0.2, 0.25) is 0 Å². The zero-order valence-corrected chi connectivity index (χ0v) is 16.6. The Labute approximate surface area is 156 Å². The number of hydrogen-bond donors (Lipinski definition) is 3. The minimum atomic E-state index is -1.19. The molecule has 1 aromatic carbocycles. The van der Waals surface area contributed by atoms with E-state index in [9.17, 15) is 24.9 Å². The number of carboxylic acids is 2. The molecule has 0 spiro atoms. The molecule has 0 aliphatic heterocycles. The van der Waals surface area contributed by atoms with Crippen molar-refractivity contribution in [3.63, 3.8) is 0 Å². The summed E-state index contributed by atoms with van der Waals surface area (Å²) in [6.45, 7) is 7.88. The van der Waals surface area contributed by atoms with Crippen molar-refractivity contribution in [3.8, 4) is 5.75 Å². The maximum Gasteiger partial charge on any atom is 0.339 e. The second-order valence-electron chi connectivity index (χ2n) is 7.77. The highest BCUT2D eigenvalue weighted by Gasteiger charge is 2.49. The van der Waals surface area contributed by atoms with Gasteiger partial charge in [-0.25, -0.2) is 4.79 Å². The van der Waals surface area contributed by atoms with Gasteiger partial charge in [0.1, 0.15) is 11.3 Å². The van der Waals surface area contributed by atoms with Gasteiger partial charge in [0, 0.05) is 0 Å². The topological polar surface area (TPSA) is 94.8 Å². The van der Waals surface area contributed by atoms with Crippen LogP contribution >= 0.6 is 15.9 Å². The van der Waals surface area contributed by atoms with Gasteiger partial charge in [-0.05, 0) is 70.0 Å². The summed E-state index contributed by atoms with van der Waals surface area (Å²) in [6, 6.07) is 1.79. The number of halogens is 1. The van der Waals surface area contributed by atoms with Crippen LogP contribution in [-0.4, -0.2) is 27.3 Å². The molecule has 1 aliphatic carbocycles. The number of benzene rings is 1. The minimum absolute atomic E-state index is 0.0180. The summed E-state index contributed by atoms with van der Waals surface area (Å²) in [5.74, 6) is -2.13. The number of carboxylic acid groups (broad SMARTS) is 2. The molecule has 3 N–H and O–H groups in total. The number of aryl methyl sites for hydroxylation is 1. The Morgan fingerprint density at radius 3 is 2.44 bits per heavy atom. The van der Waals surface area contributed by atoms with Gasteiger partial charge in [0.05, 0.1) is 10.9 Å². The van der Waals surface area contributed by atoms with E-state index in [-0.39, 0.29) is 35.5 Å². The standard InChI is InChI=1S/C19H25BrO5/c1-9(2)11-5-6-19(4,8-13(21)22)15(11)12-7-10(3)16(20)17(23)14(12)18(24)25/h7,9,11,15,23H,5-6,8H2,1-4H3,(H,21,22)(H,24,25)/t11-,15-,19+/m1/s1. The van der Waals surface area contributed by atoms with E-state index in [0.717, 1.165) is 18.4 Å². The van der Waals surface area contributed by atoms with E-state index in [1.165, 1.54) is 0 Å². The molecule has 25 heavy (non-hydrogen) atoms. The Balaban J connectivity index is 2.73.